The van der Waals surface area contributed by atoms with E-state index in [4.69, 9.17) is 9.47 Å². The number of amides is 4. The molecule has 2 fully saturated rings. The van der Waals surface area contributed by atoms with Crippen molar-refractivity contribution in [3.63, 3.8) is 0 Å². The van der Waals surface area contributed by atoms with E-state index in [2.05, 4.69) is 21.3 Å². The zero-order valence-corrected chi connectivity index (χ0v) is 25.9. The quantitative estimate of drug-likeness (QED) is 0.270. The Labute approximate surface area is 258 Å². The Kier molecular flexibility index (Phi) is 10.8. The van der Waals surface area contributed by atoms with Gasteiger partial charge in [0.2, 0.25) is 17.7 Å². The number of alkyl carbamates (subject to hydrolysis) is 1. The number of esters is 1. The molecule has 1 saturated carbocycles. The number of hydrogen-bond acceptors (Lipinski definition) is 7. The summed E-state index contributed by atoms with van der Waals surface area (Å²) in [7, 11) is 1.23. The average Bonchev–Trinajstić information content (AvgIpc) is 3.80. The zero-order chi connectivity index (χ0) is 31.9. The van der Waals surface area contributed by atoms with E-state index in [1.807, 2.05) is 42.5 Å². The summed E-state index contributed by atoms with van der Waals surface area (Å²) in [5.74, 6) is -2.10. The van der Waals surface area contributed by atoms with Crippen LogP contribution in [0, 0.1) is 11.8 Å². The molecule has 4 rings (SSSR count). The van der Waals surface area contributed by atoms with E-state index in [-0.39, 0.29) is 24.7 Å². The lowest BCUT2D eigenvalue weighted by Crippen LogP contribution is -2.57. The van der Waals surface area contributed by atoms with Crippen molar-refractivity contribution < 1.29 is 33.4 Å². The van der Waals surface area contributed by atoms with Crippen molar-refractivity contribution in [2.45, 2.75) is 89.4 Å². The van der Waals surface area contributed by atoms with E-state index in [0.29, 0.717) is 19.4 Å². The number of nitrogens with one attached hydrogen (secondary N) is 4. The molecule has 0 spiro atoms. The fraction of sp³-hybridized carbons (Fsp3) is 0.545. The highest BCUT2D eigenvalue weighted by atomic mass is 16.6. The third-order valence-corrected chi connectivity index (χ3v) is 7.93. The third-order valence-electron chi connectivity index (χ3n) is 7.93. The molecule has 2 aliphatic rings. The van der Waals surface area contributed by atoms with Crippen LogP contribution in [0.1, 0.15) is 64.9 Å². The molecule has 1 aliphatic carbocycles. The molecule has 0 unspecified atom stereocenters. The van der Waals surface area contributed by atoms with Crippen LogP contribution in [0.2, 0.25) is 0 Å². The van der Waals surface area contributed by atoms with Crippen LogP contribution < -0.4 is 21.3 Å². The average molecular weight is 609 g/mol. The van der Waals surface area contributed by atoms with Gasteiger partial charge in [-0.15, -0.1) is 0 Å². The molecule has 4 atom stereocenters. The van der Waals surface area contributed by atoms with Gasteiger partial charge in [0.15, 0.2) is 0 Å². The number of hydrogen-bond donors (Lipinski definition) is 4. The molecular weight excluding hydrogens is 564 g/mol. The second kappa shape index (κ2) is 14.5. The molecular formula is C33H44N4O7. The van der Waals surface area contributed by atoms with E-state index in [0.717, 1.165) is 35.6 Å². The first-order valence-corrected chi connectivity index (χ1v) is 15.4. The van der Waals surface area contributed by atoms with Crippen LogP contribution in [0.15, 0.2) is 42.5 Å². The molecule has 11 heteroatoms. The molecule has 44 heavy (non-hydrogen) atoms. The first kappa shape index (κ1) is 32.8. The molecule has 11 nitrogen and oxygen atoms in total. The van der Waals surface area contributed by atoms with E-state index in [1.165, 1.54) is 7.11 Å². The molecule has 4 amide bonds. The van der Waals surface area contributed by atoms with Crippen LogP contribution in [0.25, 0.3) is 10.8 Å². The van der Waals surface area contributed by atoms with E-state index >= 15 is 0 Å². The number of carbonyl (C=O) groups is 5. The minimum atomic E-state index is -1.05. The highest BCUT2D eigenvalue weighted by molar-refractivity contribution is 5.94. The molecule has 4 N–H and O–H groups in total. The van der Waals surface area contributed by atoms with Crippen LogP contribution >= 0.6 is 0 Å². The molecule has 0 bridgehead atoms. The predicted molar refractivity (Wildman–Crippen MR) is 164 cm³/mol. The largest absolute Gasteiger partial charge is 0.467 e. The Bertz CT molecular complexity index is 1360. The Morgan fingerprint density at radius 1 is 0.886 bits per heavy atom. The molecule has 1 aliphatic heterocycles. The number of rotatable bonds is 12. The summed E-state index contributed by atoms with van der Waals surface area (Å²) in [5.41, 5.74) is 0.0656. The zero-order valence-electron chi connectivity index (χ0n) is 25.9. The summed E-state index contributed by atoms with van der Waals surface area (Å²) >= 11 is 0. The van der Waals surface area contributed by atoms with Crippen LogP contribution in [0.5, 0.6) is 0 Å². The number of benzene rings is 2. The van der Waals surface area contributed by atoms with Gasteiger partial charge in [-0.05, 0) is 68.7 Å². The minimum absolute atomic E-state index is 0.0955. The highest BCUT2D eigenvalue weighted by Crippen LogP contribution is 2.33. The van der Waals surface area contributed by atoms with E-state index < -0.39 is 53.5 Å². The SMILES string of the molecule is COC(=O)[C@H](C[C@@H]1CCCNC1=O)NC(=O)[C@H](CC1CC1)NC(=O)[C@H](Cc1cccc2ccccc12)NC(=O)OC(C)(C)C. The maximum absolute atomic E-state index is 13.8. The van der Waals surface area contributed by atoms with Crippen molar-refractivity contribution in [3.8, 4) is 0 Å². The van der Waals surface area contributed by atoms with Crippen molar-refractivity contribution >= 4 is 40.6 Å². The van der Waals surface area contributed by atoms with Gasteiger partial charge in [-0.1, -0.05) is 55.3 Å². The Morgan fingerprint density at radius 2 is 1.57 bits per heavy atom. The second-order valence-corrected chi connectivity index (χ2v) is 12.7. The standard InChI is InChI=1S/C33H44N4O7/c1-33(2,3)44-32(42)37-26(18-22-11-7-10-21-9-5-6-13-24(21)22)30(40)35-25(17-20-14-15-20)29(39)36-27(31(41)43-4)19-23-12-8-16-34-28(23)38/h5-7,9-11,13,20,23,25-27H,8,12,14-19H2,1-4H3,(H,34,38)(H,35,40)(H,36,39)(H,37,42)/t23-,25-,26-,27-/m0/s1. The monoisotopic (exact) mass is 608 g/mol. The summed E-state index contributed by atoms with van der Waals surface area (Å²) in [6, 6.07) is 10.5. The second-order valence-electron chi connectivity index (χ2n) is 12.7. The van der Waals surface area contributed by atoms with Gasteiger partial charge in [-0.3, -0.25) is 14.4 Å². The number of methoxy groups -OCH3 is 1. The van der Waals surface area contributed by atoms with Gasteiger partial charge in [0, 0.05) is 18.9 Å². The lowest BCUT2D eigenvalue weighted by molar-refractivity contribution is -0.146. The fourth-order valence-electron chi connectivity index (χ4n) is 5.51. The summed E-state index contributed by atoms with van der Waals surface area (Å²) in [5, 5.41) is 13.0. The normalized spacial score (nSPS) is 18.7. The lowest BCUT2D eigenvalue weighted by atomic mass is 9.91. The molecule has 2 aromatic rings. The topological polar surface area (TPSA) is 152 Å². The van der Waals surface area contributed by atoms with Gasteiger partial charge < -0.3 is 30.7 Å². The smallest absolute Gasteiger partial charge is 0.408 e. The predicted octanol–water partition coefficient (Wildman–Crippen LogP) is 3.13. The van der Waals surface area contributed by atoms with Gasteiger partial charge in [0.1, 0.15) is 23.7 Å². The third kappa shape index (κ3) is 9.42. The maximum atomic E-state index is 13.8. The first-order chi connectivity index (χ1) is 20.9. The van der Waals surface area contributed by atoms with Crippen molar-refractivity contribution in [2.75, 3.05) is 13.7 Å². The van der Waals surface area contributed by atoms with Gasteiger partial charge in [-0.2, -0.15) is 0 Å². The number of piperidine rings is 1. The van der Waals surface area contributed by atoms with E-state index in [1.54, 1.807) is 20.8 Å². The maximum Gasteiger partial charge on any atom is 0.408 e. The van der Waals surface area contributed by atoms with Crippen LogP contribution in [-0.4, -0.2) is 67.2 Å². The van der Waals surface area contributed by atoms with Crippen molar-refractivity contribution in [1.82, 2.24) is 21.3 Å². The molecule has 1 heterocycles. The molecule has 1 saturated heterocycles. The Balaban J connectivity index is 1.53. The Morgan fingerprint density at radius 3 is 2.25 bits per heavy atom. The van der Waals surface area contributed by atoms with Crippen molar-refractivity contribution in [3.05, 3.63) is 48.0 Å². The minimum Gasteiger partial charge on any atom is -0.467 e. The molecule has 0 radical (unpaired) electrons. The van der Waals surface area contributed by atoms with Crippen LogP contribution in [0.3, 0.4) is 0 Å². The Hall–Kier alpha value is -4.15. The van der Waals surface area contributed by atoms with Crippen molar-refractivity contribution in [1.29, 1.82) is 0 Å². The number of carbonyl (C=O) groups excluding carboxylic acids is 5. The first-order valence-electron chi connectivity index (χ1n) is 15.4. The number of ether oxygens (including phenoxy) is 2. The lowest BCUT2D eigenvalue weighted by Gasteiger charge is -2.28. The number of fused-ring (bicyclic) bond motifs is 1. The van der Waals surface area contributed by atoms with Crippen LogP contribution in [0.4, 0.5) is 4.79 Å². The summed E-state index contributed by atoms with van der Waals surface area (Å²) < 4.78 is 10.4. The molecule has 238 valence electrons. The van der Waals surface area contributed by atoms with Gasteiger partial charge in [0.05, 0.1) is 7.11 Å². The molecule has 2 aromatic carbocycles. The van der Waals surface area contributed by atoms with Gasteiger partial charge in [-0.25, -0.2) is 9.59 Å². The summed E-state index contributed by atoms with van der Waals surface area (Å²) in [4.78, 5) is 65.3. The highest BCUT2D eigenvalue weighted by Gasteiger charge is 2.36. The van der Waals surface area contributed by atoms with Gasteiger partial charge >= 0.3 is 12.1 Å². The van der Waals surface area contributed by atoms with Gasteiger partial charge in [0.25, 0.3) is 0 Å². The molecule has 0 aromatic heterocycles. The fourth-order valence-corrected chi connectivity index (χ4v) is 5.51. The summed E-state index contributed by atoms with van der Waals surface area (Å²) in [6.07, 6.45) is 3.12. The van der Waals surface area contributed by atoms with Crippen molar-refractivity contribution in [2.24, 2.45) is 11.8 Å². The van der Waals surface area contributed by atoms with Crippen LogP contribution in [-0.2, 0) is 35.1 Å². The summed E-state index contributed by atoms with van der Waals surface area (Å²) in [6.45, 7) is 5.78. The van der Waals surface area contributed by atoms with E-state index in [9.17, 15) is 24.0 Å².